The molecule has 96 valence electrons. The molecule has 0 aliphatic rings. The average Bonchev–Trinajstić information content (AvgIpc) is 2.32. The summed E-state index contributed by atoms with van der Waals surface area (Å²) in [5.74, 6) is 1.52. The van der Waals surface area contributed by atoms with Gasteiger partial charge in [-0.25, -0.2) is 9.97 Å². The van der Waals surface area contributed by atoms with Crippen molar-refractivity contribution in [2.45, 2.75) is 33.8 Å². The van der Waals surface area contributed by atoms with Gasteiger partial charge < -0.3 is 9.64 Å². The Kier molecular flexibility index (Phi) is 6.22. The first kappa shape index (κ1) is 14.2. The fourth-order valence-electron chi connectivity index (χ4n) is 1.58. The number of rotatable bonds is 7. The van der Waals surface area contributed by atoms with E-state index in [0.29, 0.717) is 24.2 Å². The molecule has 0 saturated carbocycles. The lowest BCUT2D eigenvalue weighted by Gasteiger charge is -2.21. The molecule has 0 aliphatic heterocycles. The Labute approximate surface area is 108 Å². The van der Waals surface area contributed by atoms with Crippen LogP contribution in [0.1, 0.15) is 33.0 Å². The van der Waals surface area contributed by atoms with Crippen molar-refractivity contribution in [2.75, 3.05) is 24.6 Å². The van der Waals surface area contributed by atoms with Gasteiger partial charge in [-0.15, -0.1) is 0 Å². The number of ether oxygens (including phenoxy) is 1. The molecule has 5 heteroatoms. The summed E-state index contributed by atoms with van der Waals surface area (Å²) in [6, 6.07) is 1.80. The number of anilines is 1. The fraction of sp³-hybridized carbons (Fsp3) is 0.667. The van der Waals surface area contributed by atoms with E-state index in [0.717, 1.165) is 25.3 Å². The number of aromatic nitrogens is 2. The molecule has 17 heavy (non-hydrogen) atoms. The van der Waals surface area contributed by atoms with E-state index in [2.05, 4.69) is 28.7 Å². The van der Waals surface area contributed by atoms with E-state index in [1.165, 1.54) is 0 Å². The molecule has 0 atom stereocenters. The van der Waals surface area contributed by atoms with E-state index < -0.39 is 0 Å². The minimum absolute atomic E-state index is 0.410. The number of nitrogens with zero attached hydrogens (tertiary/aromatic N) is 3. The van der Waals surface area contributed by atoms with Gasteiger partial charge in [-0.1, -0.05) is 18.5 Å². The standard InChI is InChI=1S/C12H20ClN3O/c1-4-7-16(5-2)12-8-10(13)14-11(15-12)9-17-6-3/h8H,4-7,9H2,1-3H3. The van der Waals surface area contributed by atoms with Crippen molar-refractivity contribution >= 4 is 17.4 Å². The minimum atomic E-state index is 0.410. The molecule has 0 radical (unpaired) electrons. The summed E-state index contributed by atoms with van der Waals surface area (Å²) in [6.07, 6.45) is 1.08. The van der Waals surface area contributed by atoms with E-state index in [-0.39, 0.29) is 0 Å². The summed E-state index contributed by atoms with van der Waals surface area (Å²) in [5, 5.41) is 0.472. The van der Waals surface area contributed by atoms with Crippen LogP contribution in [-0.4, -0.2) is 29.7 Å². The highest BCUT2D eigenvalue weighted by Crippen LogP contribution is 2.16. The summed E-state index contributed by atoms with van der Waals surface area (Å²) in [5.41, 5.74) is 0. The second-order valence-electron chi connectivity index (χ2n) is 3.68. The van der Waals surface area contributed by atoms with Gasteiger partial charge >= 0.3 is 0 Å². The van der Waals surface area contributed by atoms with Crippen LogP contribution < -0.4 is 4.90 Å². The molecular weight excluding hydrogens is 238 g/mol. The molecule has 1 aromatic rings. The highest BCUT2D eigenvalue weighted by atomic mass is 35.5. The molecule has 0 aromatic carbocycles. The van der Waals surface area contributed by atoms with E-state index in [9.17, 15) is 0 Å². The molecule has 0 N–H and O–H groups in total. The molecule has 0 spiro atoms. The van der Waals surface area contributed by atoms with E-state index >= 15 is 0 Å². The maximum absolute atomic E-state index is 6.00. The Morgan fingerprint density at radius 1 is 1.29 bits per heavy atom. The average molecular weight is 258 g/mol. The summed E-state index contributed by atoms with van der Waals surface area (Å²) < 4.78 is 5.30. The number of hydrogen-bond donors (Lipinski definition) is 0. The van der Waals surface area contributed by atoms with Crippen LogP contribution >= 0.6 is 11.6 Å². The molecule has 4 nitrogen and oxygen atoms in total. The molecule has 0 aliphatic carbocycles. The van der Waals surface area contributed by atoms with Crippen molar-refractivity contribution in [3.05, 3.63) is 17.0 Å². The number of hydrogen-bond acceptors (Lipinski definition) is 4. The van der Waals surface area contributed by atoms with Crippen LogP contribution in [0.15, 0.2) is 6.07 Å². The van der Waals surface area contributed by atoms with E-state index in [4.69, 9.17) is 16.3 Å². The van der Waals surface area contributed by atoms with Gasteiger partial charge in [-0.3, -0.25) is 0 Å². The van der Waals surface area contributed by atoms with E-state index in [1.54, 1.807) is 6.07 Å². The topological polar surface area (TPSA) is 38.2 Å². The predicted molar refractivity (Wildman–Crippen MR) is 70.6 cm³/mol. The van der Waals surface area contributed by atoms with Crippen LogP contribution in [-0.2, 0) is 11.3 Å². The predicted octanol–water partition coefficient (Wildman–Crippen LogP) is 2.90. The second kappa shape index (κ2) is 7.45. The van der Waals surface area contributed by atoms with Gasteiger partial charge in [-0.05, 0) is 20.3 Å². The van der Waals surface area contributed by atoms with Crippen molar-refractivity contribution in [2.24, 2.45) is 0 Å². The maximum atomic E-state index is 6.00. The molecular formula is C12H20ClN3O. The zero-order valence-electron chi connectivity index (χ0n) is 10.7. The smallest absolute Gasteiger partial charge is 0.158 e. The van der Waals surface area contributed by atoms with Crippen LogP contribution in [0.3, 0.4) is 0 Å². The van der Waals surface area contributed by atoms with Crippen molar-refractivity contribution < 1.29 is 4.74 Å². The van der Waals surface area contributed by atoms with Crippen molar-refractivity contribution in [1.29, 1.82) is 0 Å². The van der Waals surface area contributed by atoms with Crippen LogP contribution in [0.5, 0.6) is 0 Å². The van der Waals surface area contributed by atoms with Crippen LogP contribution in [0.2, 0.25) is 5.15 Å². The van der Waals surface area contributed by atoms with Gasteiger partial charge in [0.05, 0.1) is 0 Å². The fourth-order valence-corrected chi connectivity index (χ4v) is 1.77. The molecule has 0 saturated heterocycles. The summed E-state index contributed by atoms with van der Waals surface area (Å²) in [7, 11) is 0. The summed E-state index contributed by atoms with van der Waals surface area (Å²) in [6.45, 7) is 9.14. The van der Waals surface area contributed by atoms with Crippen LogP contribution in [0, 0.1) is 0 Å². The lowest BCUT2D eigenvalue weighted by Crippen LogP contribution is -2.25. The second-order valence-corrected chi connectivity index (χ2v) is 4.07. The summed E-state index contributed by atoms with van der Waals surface area (Å²) in [4.78, 5) is 10.8. The SMILES string of the molecule is CCCN(CC)c1cc(Cl)nc(COCC)n1. The highest BCUT2D eigenvalue weighted by Gasteiger charge is 2.09. The van der Waals surface area contributed by atoms with Gasteiger partial charge in [0.2, 0.25) is 0 Å². The third-order valence-corrected chi connectivity index (χ3v) is 2.56. The third-order valence-electron chi connectivity index (χ3n) is 2.36. The first-order chi connectivity index (χ1) is 8.21. The Bertz CT molecular complexity index is 347. The Morgan fingerprint density at radius 2 is 2.06 bits per heavy atom. The zero-order chi connectivity index (χ0) is 12.7. The first-order valence-corrected chi connectivity index (χ1v) is 6.45. The Balaban J connectivity index is 2.86. The molecule has 1 heterocycles. The molecule has 1 aromatic heterocycles. The van der Waals surface area contributed by atoms with Gasteiger partial charge in [0.25, 0.3) is 0 Å². The lowest BCUT2D eigenvalue weighted by molar-refractivity contribution is 0.128. The highest BCUT2D eigenvalue weighted by molar-refractivity contribution is 6.29. The normalized spacial score (nSPS) is 10.6. The monoisotopic (exact) mass is 257 g/mol. The van der Waals surface area contributed by atoms with Crippen LogP contribution in [0.25, 0.3) is 0 Å². The van der Waals surface area contributed by atoms with Gasteiger partial charge in [-0.2, -0.15) is 0 Å². The molecule has 0 amide bonds. The van der Waals surface area contributed by atoms with Crippen molar-refractivity contribution in [1.82, 2.24) is 9.97 Å². The molecule has 0 unspecified atom stereocenters. The van der Waals surface area contributed by atoms with E-state index in [1.807, 2.05) is 6.92 Å². The third kappa shape index (κ3) is 4.48. The van der Waals surface area contributed by atoms with Gasteiger partial charge in [0.15, 0.2) is 5.82 Å². The molecule has 0 bridgehead atoms. The molecule has 0 fully saturated rings. The van der Waals surface area contributed by atoms with Crippen molar-refractivity contribution in [3.8, 4) is 0 Å². The zero-order valence-corrected chi connectivity index (χ0v) is 11.5. The maximum Gasteiger partial charge on any atom is 0.158 e. The Hall–Kier alpha value is -0.870. The molecule has 1 rings (SSSR count). The van der Waals surface area contributed by atoms with Crippen molar-refractivity contribution in [3.63, 3.8) is 0 Å². The van der Waals surface area contributed by atoms with Gasteiger partial charge in [0, 0.05) is 25.8 Å². The largest absolute Gasteiger partial charge is 0.374 e. The number of halogens is 1. The quantitative estimate of drug-likeness (QED) is 0.704. The minimum Gasteiger partial charge on any atom is -0.374 e. The Morgan fingerprint density at radius 3 is 2.65 bits per heavy atom. The lowest BCUT2D eigenvalue weighted by atomic mass is 10.4. The first-order valence-electron chi connectivity index (χ1n) is 6.07. The van der Waals surface area contributed by atoms with Crippen LogP contribution in [0.4, 0.5) is 5.82 Å². The summed E-state index contributed by atoms with van der Waals surface area (Å²) >= 11 is 6.00. The van der Waals surface area contributed by atoms with Gasteiger partial charge in [0.1, 0.15) is 17.6 Å².